The van der Waals surface area contributed by atoms with Crippen molar-refractivity contribution in [3.05, 3.63) is 0 Å². The lowest BCUT2D eigenvalue weighted by atomic mass is 10.2. The van der Waals surface area contributed by atoms with Crippen molar-refractivity contribution in [2.24, 2.45) is 0 Å². The molecule has 0 bridgehead atoms. The number of nitrogens with one attached hydrogen (secondary N) is 1. The Morgan fingerprint density at radius 1 is 1.62 bits per heavy atom. The maximum absolute atomic E-state index is 11.0. The molecule has 1 aliphatic rings. The van der Waals surface area contributed by atoms with E-state index in [0.29, 0.717) is 0 Å². The number of nitrogens with zero attached hydrogens (tertiary/aromatic N) is 1. The highest BCUT2D eigenvalue weighted by molar-refractivity contribution is 7.91. The summed E-state index contributed by atoms with van der Waals surface area (Å²) < 4.78 is 22.0. The lowest BCUT2D eigenvalue weighted by molar-refractivity contribution is -0.151. The second kappa shape index (κ2) is 2.99. The van der Waals surface area contributed by atoms with Crippen molar-refractivity contribution < 1.29 is 18.0 Å². The van der Waals surface area contributed by atoms with E-state index in [1.54, 1.807) is 0 Å². The Bertz CT molecular complexity index is 348. The van der Waals surface area contributed by atoms with Crippen LogP contribution in [0.2, 0.25) is 0 Å². The van der Waals surface area contributed by atoms with Crippen LogP contribution in [0.5, 0.6) is 0 Å². The number of β-lactam (4-membered cyclic amide) rings is 1. The van der Waals surface area contributed by atoms with Gasteiger partial charge in [0.2, 0.25) is 11.8 Å². The zero-order valence-electron chi connectivity index (χ0n) is 7.27. The van der Waals surface area contributed by atoms with E-state index >= 15 is 0 Å². The Labute approximate surface area is 75.8 Å². The van der Waals surface area contributed by atoms with E-state index in [9.17, 15) is 18.0 Å². The van der Waals surface area contributed by atoms with Gasteiger partial charge in [0.25, 0.3) is 0 Å². The molecule has 0 aromatic heterocycles. The van der Waals surface area contributed by atoms with E-state index < -0.39 is 21.1 Å². The summed E-state index contributed by atoms with van der Waals surface area (Å²) in [5.41, 5.74) is 2.15. The van der Waals surface area contributed by atoms with E-state index in [4.69, 9.17) is 0 Å². The highest BCUT2D eigenvalue weighted by Crippen LogP contribution is 2.20. The molecule has 7 heteroatoms. The van der Waals surface area contributed by atoms with Gasteiger partial charge in [0.1, 0.15) is 0 Å². The van der Waals surface area contributed by atoms with Crippen molar-refractivity contribution in [3.63, 3.8) is 0 Å². The number of rotatable bonds is 2. The first-order valence-corrected chi connectivity index (χ1v) is 5.56. The van der Waals surface area contributed by atoms with E-state index in [1.165, 1.54) is 6.92 Å². The normalized spacial score (nSPS) is 22.5. The molecule has 1 saturated heterocycles. The summed E-state index contributed by atoms with van der Waals surface area (Å²) in [4.78, 5) is 21.4. The minimum Gasteiger partial charge on any atom is -0.274 e. The second-order valence-corrected chi connectivity index (χ2v) is 5.12. The number of hydrazine groups is 1. The quantitative estimate of drug-likeness (QED) is 0.566. The van der Waals surface area contributed by atoms with Crippen LogP contribution in [0.3, 0.4) is 0 Å². The minimum atomic E-state index is -3.30. The van der Waals surface area contributed by atoms with Crippen molar-refractivity contribution >= 4 is 21.7 Å². The topological polar surface area (TPSA) is 83.6 Å². The molecule has 1 heterocycles. The molecule has 1 fully saturated rings. The monoisotopic (exact) mass is 206 g/mol. The summed E-state index contributed by atoms with van der Waals surface area (Å²) in [7, 11) is -3.30. The third-order valence-electron chi connectivity index (χ3n) is 1.68. The summed E-state index contributed by atoms with van der Waals surface area (Å²) in [6.07, 6.45) is 0.970. The SMILES string of the molecule is CC(=O)NN1C(=O)C[C@H]1S(C)(=O)=O. The largest absolute Gasteiger partial charge is 0.274 e. The molecule has 1 aliphatic heterocycles. The number of carbonyl (C=O) groups excluding carboxylic acids is 2. The lowest BCUT2D eigenvalue weighted by Gasteiger charge is -2.37. The molecule has 1 N–H and O–H groups in total. The summed E-state index contributed by atoms with van der Waals surface area (Å²) >= 11 is 0. The second-order valence-electron chi connectivity index (χ2n) is 2.92. The first-order valence-electron chi connectivity index (χ1n) is 3.60. The van der Waals surface area contributed by atoms with Crippen LogP contribution in [0.15, 0.2) is 0 Å². The summed E-state index contributed by atoms with van der Waals surface area (Å²) in [5, 5.41) is -0.0543. The van der Waals surface area contributed by atoms with Gasteiger partial charge in [-0.2, -0.15) is 0 Å². The van der Waals surface area contributed by atoms with Gasteiger partial charge in [-0.15, -0.1) is 0 Å². The predicted octanol–water partition coefficient (Wildman–Crippen LogP) is -1.36. The fraction of sp³-hybridized carbons (Fsp3) is 0.667. The highest BCUT2D eigenvalue weighted by Gasteiger charge is 2.43. The average Bonchev–Trinajstić information content (AvgIpc) is 1.93. The molecule has 1 rings (SSSR count). The first-order chi connectivity index (χ1) is 5.82. The molecular formula is C6H10N2O4S. The molecule has 0 aromatic rings. The van der Waals surface area contributed by atoms with Gasteiger partial charge in [-0.1, -0.05) is 0 Å². The Kier molecular flexibility index (Phi) is 2.29. The van der Waals surface area contributed by atoms with Crippen LogP contribution in [-0.4, -0.2) is 36.9 Å². The lowest BCUT2D eigenvalue weighted by Crippen LogP contribution is -2.63. The Morgan fingerprint density at radius 2 is 2.15 bits per heavy atom. The van der Waals surface area contributed by atoms with Gasteiger partial charge < -0.3 is 0 Å². The number of hydrogen-bond donors (Lipinski definition) is 1. The van der Waals surface area contributed by atoms with Crippen LogP contribution in [0, 0.1) is 0 Å². The molecule has 6 nitrogen and oxygen atoms in total. The smallest absolute Gasteiger partial charge is 0.245 e. The summed E-state index contributed by atoms with van der Waals surface area (Å²) in [6, 6.07) is 0. The van der Waals surface area contributed by atoms with Gasteiger partial charge in [0.15, 0.2) is 15.2 Å². The van der Waals surface area contributed by atoms with Gasteiger partial charge in [0.05, 0.1) is 6.42 Å². The zero-order valence-corrected chi connectivity index (χ0v) is 8.09. The third-order valence-corrected chi connectivity index (χ3v) is 3.04. The number of sulfone groups is 1. The van der Waals surface area contributed by atoms with Crippen molar-refractivity contribution in [1.29, 1.82) is 0 Å². The first kappa shape index (κ1) is 9.97. The summed E-state index contributed by atoms with van der Waals surface area (Å²) in [6.45, 7) is 1.21. The maximum Gasteiger partial charge on any atom is 0.245 e. The van der Waals surface area contributed by atoms with Gasteiger partial charge in [-0.3, -0.25) is 15.0 Å². The van der Waals surface area contributed by atoms with Crippen LogP contribution < -0.4 is 5.43 Å². The van der Waals surface area contributed by atoms with E-state index in [1.807, 2.05) is 0 Å². The van der Waals surface area contributed by atoms with Crippen LogP contribution in [0.4, 0.5) is 0 Å². The van der Waals surface area contributed by atoms with Gasteiger partial charge >= 0.3 is 0 Å². The fourth-order valence-corrected chi connectivity index (χ4v) is 2.03. The zero-order chi connectivity index (χ0) is 10.2. The number of carbonyl (C=O) groups is 2. The fourth-order valence-electron chi connectivity index (χ4n) is 1.03. The van der Waals surface area contributed by atoms with Crippen molar-refractivity contribution in [2.75, 3.05) is 6.26 Å². The average molecular weight is 206 g/mol. The van der Waals surface area contributed by atoms with Gasteiger partial charge in [-0.25, -0.2) is 13.4 Å². The van der Waals surface area contributed by atoms with Crippen LogP contribution in [0.25, 0.3) is 0 Å². The molecule has 0 spiro atoms. The van der Waals surface area contributed by atoms with Crippen LogP contribution >= 0.6 is 0 Å². The predicted molar refractivity (Wildman–Crippen MR) is 43.9 cm³/mol. The van der Waals surface area contributed by atoms with Crippen LogP contribution in [0.1, 0.15) is 13.3 Å². The Morgan fingerprint density at radius 3 is 2.46 bits per heavy atom. The molecule has 13 heavy (non-hydrogen) atoms. The Balaban J connectivity index is 2.73. The standard InChI is InChI=1S/C6H10N2O4S/c1-4(9)7-8-5(10)3-6(8)13(2,11)12/h6H,3H2,1-2H3,(H,7,9)/t6-/m1/s1. The molecule has 0 aliphatic carbocycles. The summed E-state index contributed by atoms with van der Waals surface area (Å²) in [5.74, 6) is -0.840. The molecular weight excluding hydrogens is 196 g/mol. The molecule has 0 aromatic carbocycles. The molecule has 0 radical (unpaired) electrons. The van der Waals surface area contributed by atoms with Gasteiger partial charge in [0, 0.05) is 13.2 Å². The number of hydrogen-bond acceptors (Lipinski definition) is 4. The number of amides is 2. The Hall–Kier alpha value is -1.11. The van der Waals surface area contributed by atoms with Crippen molar-refractivity contribution in [1.82, 2.24) is 10.4 Å². The van der Waals surface area contributed by atoms with E-state index in [-0.39, 0.29) is 12.3 Å². The maximum atomic E-state index is 11.0. The van der Waals surface area contributed by atoms with Crippen LogP contribution in [-0.2, 0) is 19.4 Å². The van der Waals surface area contributed by atoms with Crippen molar-refractivity contribution in [2.45, 2.75) is 18.7 Å². The molecule has 2 amide bonds. The van der Waals surface area contributed by atoms with Gasteiger partial charge in [-0.05, 0) is 0 Å². The molecule has 1 atom stereocenters. The molecule has 74 valence electrons. The third kappa shape index (κ3) is 1.97. The highest BCUT2D eigenvalue weighted by atomic mass is 32.2. The molecule has 0 saturated carbocycles. The van der Waals surface area contributed by atoms with E-state index in [0.717, 1.165) is 11.3 Å². The minimum absolute atomic E-state index is 0.0564. The van der Waals surface area contributed by atoms with E-state index in [2.05, 4.69) is 5.43 Å². The van der Waals surface area contributed by atoms with Crippen molar-refractivity contribution in [3.8, 4) is 0 Å². The molecule has 0 unspecified atom stereocenters.